The van der Waals surface area contributed by atoms with E-state index in [0.29, 0.717) is 17.6 Å². The molecule has 0 spiro atoms. The maximum absolute atomic E-state index is 11.9. The van der Waals surface area contributed by atoms with Gasteiger partial charge in [0.2, 0.25) is 17.6 Å². The number of carbonyl (C=O) groups is 2. The van der Waals surface area contributed by atoms with Crippen LogP contribution >= 0.6 is 0 Å². The van der Waals surface area contributed by atoms with E-state index in [1.807, 2.05) is 24.3 Å². The maximum Gasteiger partial charge on any atom is 0.273 e. The number of nitrogens with one attached hydrogen (secondary N) is 2. The molecule has 1 aromatic heterocycles. The Morgan fingerprint density at radius 2 is 1.79 bits per heavy atom. The molecule has 0 saturated carbocycles. The average Bonchev–Trinajstić information content (AvgIpc) is 3.20. The largest absolute Gasteiger partial charge is 0.507 e. The van der Waals surface area contributed by atoms with Crippen molar-refractivity contribution in [3.8, 4) is 17.1 Å². The van der Waals surface area contributed by atoms with Crippen LogP contribution in [0.2, 0.25) is 0 Å². The molecule has 29 heavy (non-hydrogen) atoms. The number of hydrogen-bond donors (Lipinski definition) is 3. The third kappa shape index (κ3) is 5.19. The summed E-state index contributed by atoms with van der Waals surface area (Å²) in [5.41, 5.74) is 6.68. The fraction of sp³-hybridized carbons (Fsp3) is 0.238. The number of hydrazine groups is 1. The number of aromatic nitrogens is 2. The number of nitrogens with zero attached hydrogens (tertiary/aromatic N) is 2. The monoisotopic (exact) mass is 394 g/mol. The minimum atomic E-state index is -0.610. The lowest BCUT2D eigenvalue weighted by Gasteiger charge is -2.07. The number of hydrogen-bond acceptors (Lipinski definition) is 6. The van der Waals surface area contributed by atoms with Gasteiger partial charge in [0.05, 0.1) is 5.56 Å². The molecule has 0 saturated heterocycles. The average molecular weight is 394 g/mol. The molecule has 0 aliphatic heterocycles. The van der Waals surface area contributed by atoms with Crippen LogP contribution in [0.5, 0.6) is 5.75 Å². The van der Waals surface area contributed by atoms with Crippen molar-refractivity contribution in [1.29, 1.82) is 0 Å². The van der Waals surface area contributed by atoms with Gasteiger partial charge in [-0.1, -0.05) is 55.4 Å². The van der Waals surface area contributed by atoms with Gasteiger partial charge in [-0.15, -0.1) is 0 Å². The highest BCUT2D eigenvalue weighted by molar-refractivity contribution is 5.97. The number of amides is 2. The van der Waals surface area contributed by atoms with Crippen molar-refractivity contribution >= 4 is 11.8 Å². The van der Waals surface area contributed by atoms with Gasteiger partial charge >= 0.3 is 0 Å². The first-order valence-corrected chi connectivity index (χ1v) is 9.24. The summed E-state index contributed by atoms with van der Waals surface area (Å²) in [6, 6.07) is 14.0. The Bertz CT molecular complexity index is 996. The van der Waals surface area contributed by atoms with Crippen LogP contribution < -0.4 is 10.9 Å². The molecule has 8 nitrogen and oxygen atoms in total. The quantitative estimate of drug-likeness (QED) is 0.553. The van der Waals surface area contributed by atoms with Gasteiger partial charge in [0.25, 0.3) is 5.91 Å². The van der Waals surface area contributed by atoms with Crippen LogP contribution in [0.15, 0.2) is 53.1 Å². The molecule has 3 N–H and O–H groups in total. The molecule has 2 aromatic carbocycles. The topological polar surface area (TPSA) is 117 Å². The zero-order chi connectivity index (χ0) is 20.8. The summed E-state index contributed by atoms with van der Waals surface area (Å²) in [5, 5.41) is 13.6. The third-order valence-electron chi connectivity index (χ3n) is 4.33. The molecule has 2 amide bonds. The molecule has 0 aliphatic carbocycles. The van der Waals surface area contributed by atoms with Gasteiger partial charge in [-0.3, -0.25) is 20.4 Å². The second kappa shape index (κ2) is 9.01. The number of aryl methyl sites for hydroxylation is 1. The van der Waals surface area contributed by atoms with Gasteiger partial charge in [0.15, 0.2) is 0 Å². The van der Waals surface area contributed by atoms with Crippen LogP contribution in [-0.4, -0.2) is 27.1 Å². The van der Waals surface area contributed by atoms with Gasteiger partial charge in [0.1, 0.15) is 5.75 Å². The van der Waals surface area contributed by atoms with E-state index in [-0.39, 0.29) is 24.2 Å². The standard InChI is InChI=1S/C21H22N4O4/c1-13(2)14-7-9-15(10-8-14)20-22-19(29-25-20)12-11-18(27)23-24-21(28)16-5-3-4-6-17(16)26/h3-10,13,26H,11-12H2,1-2H3,(H,23,27)(H,24,28). The molecule has 1 heterocycles. The first-order valence-electron chi connectivity index (χ1n) is 9.24. The Kier molecular flexibility index (Phi) is 6.23. The molecule has 3 rings (SSSR count). The SMILES string of the molecule is CC(C)c1ccc(-c2noc(CCC(=O)NNC(=O)c3ccccc3O)n2)cc1. The second-order valence-corrected chi connectivity index (χ2v) is 6.81. The summed E-state index contributed by atoms with van der Waals surface area (Å²) in [6.45, 7) is 4.25. The lowest BCUT2D eigenvalue weighted by atomic mass is 10.0. The summed E-state index contributed by atoms with van der Waals surface area (Å²) < 4.78 is 5.20. The first kappa shape index (κ1) is 20.1. The van der Waals surface area contributed by atoms with Crippen molar-refractivity contribution in [2.75, 3.05) is 0 Å². The molecule has 0 atom stereocenters. The van der Waals surface area contributed by atoms with Gasteiger partial charge in [-0.2, -0.15) is 4.98 Å². The van der Waals surface area contributed by atoms with Crippen molar-refractivity contribution in [3.05, 3.63) is 65.5 Å². The van der Waals surface area contributed by atoms with Gasteiger partial charge < -0.3 is 9.63 Å². The highest BCUT2D eigenvalue weighted by Crippen LogP contribution is 2.20. The summed E-state index contributed by atoms with van der Waals surface area (Å²) in [7, 11) is 0. The van der Waals surface area contributed by atoms with E-state index in [4.69, 9.17) is 4.52 Å². The predicted octanol–water partition coefficient (Wildman–Crippen LogP) is 2.96. The molecule has 3 aromatic rings. The van der Waals surface area contributed by atoms with Crippen LogP contribution in [0.25, 0.3) is 11.4 Å². The Hall–Kier alpha value is -3.68. The van der Waals surface area contributed by atoms with Crippen molar-refractivity contribution < 1.29 is 19.2 Å². The zero-order valence-electron chi connectivity index (χ0n) is 16.2. The van der Waals surface area contributed by atoms with E-state index >= 15 is 0 Å². The van der Waals surface area contributed by atoms with E-state index in [9.17, 15) is 14.7 Å². The van der Waals surface area contributed by atoms with E-state index in [0.717, 1.165) is 5.56 Å². The van der Waals surface area contributed by atoms with E-state index in [1.54, 1.807) is 12.1 Å². The van der Waals surface area contributed by atoms with Crippen LogP contribution in [0.1, 0.15) is 48.0 Å². The van der Waals surface area contributed by atoms with Crippen LogP contribution in [-0.2, 0) is 11.2 Å². The van der Waals surface area contributed by atoms with Gasteiger partial charge in [0, 0.05) is 18.4 Å². The predicted molar refractivity (Wildman–Crippen MR) is 106 cm³/mol. The Morgan fingerprint density at radius 1 is 1.07 bits per heavy atom. The van der Waals surface area contributed by atoms with E-state index in [2.05, 4.69) is 34.8 Å². The maximum atomic E-state index is 11.9. The highest BCUT2D eigenvalue weighted by Gasteiger charge is 2.13. The lowest BCUT2D eigenvalue weighted by Crippen LogP contribution is -2.41. The number of aromatic hydroxyl groups is 1. The van der Waals surface area contributed by atoms with Crippen LogP contribution in [0.4, 0.5) is 0 Å². The molecule has 8 heteroatoms. The van der Waals surface area contributed by atoms with Crippen molar-refractivity contribution in [1.82, 2.24) is 21.0 Å². The van der Waals surface area contributed by atoms with Gasteiger partial charge in [-0.25, -0.2) is 0 Å². The summed E-state index contributed by atoms with van der Waals surface area (Å²) in [4.78, 5) is 28.2. The van der Waals surface area contributed by atoms with E-state index < -0.39 is 11.8 Å². The molecule has 0 aliphatic rings. The Labute approximate surface area is 167 Å². The number of phenols is 1. The number of para-hydroxylation sites is 1. The molecule has 0 bridgehead atoms. The fourth-order valence-electron chi connectivity index (χ4n) is 2.63. The van der Waals surface area contributed by atoms with E-state index in [1.165, 1.54) is 17.7 Å². The normalized spacial score (nSPS) is 10.7. The first-order chi connectivity index (χ1) is 13.9. The molecule has 0 unspecified atom stereocenters. The minimum Gasteiger partial charge on any atom is -0.507 e. The number of rotatable bonds is 6. The Balaban J connectivity index is 1.49. The van der Waals surface area contributed by atoms with Crippen molar-refractivity contribution in [2.45, 2.75) is 32.6 Å². The third-order valence-corrected chi connectivity index (χ3v) is 4.33. The van der Waals surface area contributed by atoms with Gasteiger partial charge in [-0.05, 0) is 23.6 Å². The highest BCUT2D eigenvalue weighted by atomic mass is 16.5. The molecule has 150 valence electrons. The van der Waals surface area contributed by atoms with Crippen LogP contribution in [0, 0.1) is 0 Å². The number of benzene rings is 2. The number of carbonyl (C=O) groups excluding carboxylic acids is 2. The molecular formula is C21H22N4O4. The summed E-state index contributed by atoms with van der Waals surface area (Å²) in [5.74, 6) is 0.0312. The molecule has 0 fully saturated rings. The van der Waals surface area contributed by atoms with Crippen molar-refractivity contribution in [3.63, 3.8) is 0 Å². The second-order valence-electron chi connectivity index (χ2n) is 6.81. The van der Waals surface area contributed by atoms with Crippen molar-refractivity contribution in [2.24, 2.45) is 0 Å². The lowest BCUT2D eigenvalue weighted by molar-refractivity contribution is -0.121. The minimum absolute atomic E-state index is 0.0506. The summed E-state index contributed by atoms with van der Waals surface area (Å²) >= 11 is 0. The zero-order valence-corrected chi connectivity index (χ0v) is 16.2. The van der Waals surface area contributed by atoms with Crippen LogP contribution in [0.3, 0.4) is 0 Å². The number of phenolic OH excluding ortho intramolecular Hbond substituents is 1. The smallest absolute Gasteiger partial charge is 0.273 e. The Morgan fingerprint density at radius 3 is 2.48 bits per heavy atom. The molecule has 0 radical (unpaired) electrons. The fourth-order valence-corrected chi connectivity index (χ4v) is 2.63. The molecular weight excluding hydrogens is 372 g/mol. The summed E-state index contributed by atoms with van der Waals surface area (Å²) in [6.07, 6.45) is 0.282.